The van der Waals surface area contributed by atoms with Crippen molar-refractivity contribution in [2.75, 3.05) is 6.54 Å². The van der Waals surface area contributed by atoms with Gasteiger partial charge in [0.2, 0.25) is 5.91 Å². The van der Waals surface area contributed by atoms with E-state index in [9.17, 15) is 4.79 Å². The van der Waals surface area contributed by atoms with Crippen LogP contribution in [0.2, 0.25) is 0 Å². The predicted molar refractivity (Wildman–Crippen MR) is 101 cm³/mol. The smallest absolute Gasteiger partial charge is 0.261 e. The molecule has 1 aliphatic heterocycles. The molecule has 1 saturated heterocycles. The van der Waals surface area contributed by atoms with E-state index in [4.69, 9.17) is 8.94 Å². The first-order chi connectivity index (χ1) is 13.6. The number of furan rings is 1. The Morgan fingerprint density at radius 2 is 2.18 bits per heavy atom. The Balaban J connectivity index is 1.50. The summed E-state index contributed by atoms with van der Waals surface area (Å²) in [6, 6.07) is 3.71. The van der Waals surface area contributed by atoms with Gasteiger partial charge in [0.15, 0.2) is 5.82 Å². The predicted octanol–water partition coefficient (Wildman–Crippen LogP) is 3.45. The zero-order valence-corrected chi connectivity index (χ0v) is 16.3. The zero-order chi connectivity index (χ0) is 19.5. The van der Waals surface area contributed by atoms with Gasteiger partial charge < -0.3 is 13.8 Å². The van der Waals surface area contributed by atoms with Gasteiger partial charge in [-0.25, -0.2) is 0 Å². The number of amides is 1. The highest BCUT2D eigenvalue weighted by Crippen LogP contribution is 2.30. The third-order valence-corrected chi connectivity index (χ3v) is 5.15. The van der Waals surface area contributed by atoms with Crippen LogP contribution in [-0.4, -0.2) is 37.3 Å². The summed E-state index contributed by atoms with van der Waals surface area (Å²) in [6.07, 6.45) is 8.53. The van der Waals surface area contributed by atoms with Crippen molar-refractivity contribution in [3.05, 3.63) is 41.9 Å². The van der Waals surface area contributed by atoms with Crippen molar-refractivity contribution in [2.45, 2.75) is 51.5 Å². The van der Waals surface area contributed by atoms with Crippen molar-refractivity contribution in [3.8, 4) is 11.5 Å². The van der Waals surface area contributed by atoms with Gasteiger partial charge in [0.1, 0.15) is 11.5 Å². The normalized spacial score (nSPS) is 17.6. The SMILES string of the molecule is Cc1ccc(CCC(=O)N2CCCCC[C@H]2c2noc(-c3cnn(C)c3)n2)o1. The van der Waals surface area contributed by atoms with Crippen LogP contribution in [0, 0.1) is 6.92 Å². The Hall–Kier alpha value is -2.90. The van der Waals surface area contributed by atoms with Crippen LogP contribution in [0.15, 0.2) is 33.5 Å². The number of aromatic nitrogens is 4. The van der Waals surface area contributed by atoms with E-state index in [1.165, 1.54) is 0 Å². The Morgan fingerprint density at radius 3 is 2.93 bits per heavy atom. The summed E-state index contributed by atoms with van der Waals surface area (Å²) < 4.78 is 12.7. The minimum absolute atomic E-state index is 0.105. The molecule has 0 radical (unpaired) electrons. The molecule has 8 heteroatoms. The molecule has 148 valence electrons. The van der Waals surface area contributed by atoms with Crippen molar-refractivity contribution in [3.63, 3.8) is 0 Å². The van der Waals surface area contributed by atoms with E-state index in [0.29, 0.717) is 24.6 Å². The highest BCUT2D eigenvalue weighted by atomic mass is 16.5. The van der Waals surface area contributed by atoms with Gasteiger partial charge in [-0.2, -0.15) is 10.1 Å². The number of likely N-dealkylation sites (tertiary alicyclic amines) is 1. The molecule has 4 heterocycles. The van der Waals surface area contributed by atoms with Crippen molar-refractivity contribution < 1.29 is 13.7 Å². The summed E-state index contributed by atoms with van der Waals surface area (Å²) >= 11 is 0. The van der Waals surface area contributed by atoms with Crippen molar-refractivity contribution in [1.82, 2.24) is 24.8 Å². The van der Waals surface area contributed by atoms with Crippen LogP contribution >= 0.6 is 0 Å². The van der Waals surface area contributed by atoms with Crippen LogP contribution in [0.5, 0.6) is 0 Å². The lowest BCUT2D eigenvalue weighted by atomic mass is 10.1. The fourth-order valence-electron chi connectivity index (χ4n) is 3.69. The van der Waals surface area contributed by atoms with Crippen LogP contribution in [-0.2, 0) is 18.3 Å². The van der Waals surface area contributed by atoms with Gasteiger partial charge >= 0.3 is 0 Å². The lowest BCUT2D eigenvalue weighted by molar-refractivity contribution is -0.133. The molecule has 3 aromatic heterocycles. The molecule has 0 N–H and O–H groups in total. The first kappa shape index (κ1) is 18.5. The molecule has 4 rings (SSSR count). The monoisotopic (exact) mass is 383 g/mol. The summed E-state index contributed by atoms with van der Waals surface area (Å²) in [5, 5.41) is 8.33. The van der Waals surface area contributed by atoms with Gasteiger partial charge in [-0.05, 0) is 31.9 Å². The number of aryl methyl sites for hydroxylation is 3. The number of carbonyl (C=O) groups is 1. The number of hydrogen-bond acceptors (Lipinski definition) is 6. The van der Waals surface area contributed by atoms with Crippen LogP contribution in [0.1, 0.15) is 55.5 Å². The summed E-state index contributed by atoms with van der Waals surface area (Å²) in [6.45, 7) is 2.63. The van der Waals surface area contributed by atoms with Gasteiger partial charge in [-0.3, -0.25) is 9.48 Å². The average Bonchev–Trinajstić information content (AvgIpc) is 3.38. The standard InChI is InChI=1S/C20H25N5O3/c1-14-7-8-16(27-14)9-10-18(26)25-11-5-3-4-6-17(25)19-22-20(28-23-19)15-12-21-24(2)13-15/h7-8,12-13,17H,3-6,9-11H2,1-2H3/t17-/m0/s1. The molecule has 1 atom stereocenters. The molecule has 0 aromatic carbocycles. The third-order valence-electron chi connectivity index (χ3n) is 5.15. The van der Waals surface area contributed by atoms with Gasteiger partial charge in [-0.1, -0.05) is 18.0 Å². The first-order valence-electron chi connectivity index (χ1n) is 9.77. The van der Waals surface area contributed by atoms with Crippen LogP contribution in [0.3, 0.4) is 0 Å². The Bertz CT molecular complexity index is 941. The van der Waals surface area contributed by atoms with Gasteiger partial charge in [0.25, 0.3) is 5.89 Å². The molecule has 0 spiro atoms. The Labute approximate surface area is 163 Å². The Kier molecular flexibility index (Phi) is 5.27. The summed E-state index contributed by atoms with van der Waals surface area (Å²) in [7, 11) is 1.84. The number of rotatable bonds is 5. The minimum Gasteiger partial charge on any atom is -0.466 e. The maximum atomic E-state index is 13.0. The summed E-state index contributed by atoms with van der Waals surface area (Å²) in [5.74, 6) is 2.82. The van der Waals surface area contributed by atoms with E-state index in [1.54, 1.807) is 10.9 Å². The molecule has 0 saturated carbocycles. The lowest BCUT2D eigenvalue weighted by Crippen LogP contribution is -2.35. The molecule has 3 aromatic rings. The lowest BCUT2D eigenvalue weighted by Gasteiger charge is -2.27. The van der Waals surface area contributed by atoms with E-state index in [2.05, 4.69) is 15.2 Å². The number of carbonyl (C=O) groups excluding carboxylic acids is 1. The third kappa shape index (κ3) is 4.00. The van der Waals surface area contributed by atoms with Crippen LogP contribution < -0.4 is 0 Å². The van der Waals surface area contributed by atoms with Gasteiger partial charge in [0, 0.05) is 32.6 Å². The summed E-state index contributed by atoms with van der Waals surface area (Å²) in [5.41, 5.74) is 0.779. The van der Waals surface area contributed by atoms with E-state index in [1.807, 2.05) is 37.2 Å². The molecule has 0 aliphatic carbocycles. The van der Waals surface area contributed by atoms with Gasteiger partial charge in [-0.15, -0.1) is 0 Å². The molecular weight excluding hydrogens is 358 g/mol. The fraction of sp³-hybridized carbons (Fsp3) is 0.500. The topological polar surface area (TPSA) is 90.2 Å². The molecule has 0 unspecified atom stereocenters. The highest BCUT2D eigenvalue weighted by molar-refractivity contribution is 5.77. The van der Waals surface area contributed by atoms with Gasteiger partial charge in [0.05, 0.1) is 17.8 Å². The van der Waals surface area contributed by atoms with E-state index < -0.39 is 0 Å². The quantitative estimate of drug-likeness (QED) is 0.670. The zero-order valence-electron chi connectivity index (χ0n) is 16.3. The molecule has 0 bridgehead atoms. The van der Waals surface area contributed by atoms with Crippen molar-refractivity contribution >= 4 is 5.91 Å². The number of hydrogen-bond donors (Lipinski definition) is 0. The van der Waals surface area contributed by atoms with E-state index >= 15 is 0 Å². The fourth-order valence-corrected chi connectivity index (χ4v) is 3.69. The van der Waals surface area contributed by atoms with Crippen molar-refractivity contribution in [2.24, 2.45) is 7.05 Å². The van der Waals surface area contributed by atoms with Crippen LogP contribution in [0.25, 0.3) is 11.5 Å². The first-order valence-corrected chi connectivity index (χ1v) is 9.77. The molecule has 28 heavy (non-hydrogen) atoms. The largest absolute Gasteiger partial charge is 0.466 e. The van der Waals surface area contributed by atoms with Crippen molar-refractivity contribution in [1.29, 1.82) is 0 Å². The minimum atomic E-state index is -0.150. The number of nitrogens with zero attached hydrogens (tertiary/aromatic N) is 5. The maximum absolute atomic E-state index is 13.0. The second kappa shape index (κ2) is 8.00. The molecular formula is C20H25N5O3. The molecule has 1 aliphatic rings. The van der Waals surface area contributed by atoms with Crippen LogP contribution in [0.4, 0.5) is 0 Å². The summed E-state index contributed by atoms with van der Waals surface area (Å²) in [4.78, 5) is 19.5. The average molecular weight is 383 g/mol. The second-order valence-electron chi connectivity index (χ2n) is 7.33. The molecule has 1 fully saturated rings. The highest BCUT2D eigenvalue weighted by Gasteiger charge is 2.30. The molecule has 8 nitrogen and oxygen atoms in total. The maximum Gasteiger partial charge on any atom is 0.261 e. The Morgan fingerprint density at radius 1 is 1.29 bits per heavy atom. The van der Waals surface area contributed by atoms with E-state index in [-0.39, 0.29) is 11.9 Å². The van der Waals surface area contributed by atoms with E-state index in [0.717, 1.165) is 49.3 Å². The molecule has 1 amide bonds. The second-order valence-corrected chi connectivity index (χ2v) is 7.33.